The highest BCUT2D eigenvalue weighted by atomic mass is 32.1. The molecule has 3 N–H and O–H groups in total. The average molecular weight is 358 g/mol. The lowest BCUT2D eigenvalue weighted by molar-refractivity contribution is -1.01. The van der Waals surface area contributed by atoms with Crippen molar-refractivity contribution in [3.63, 3.8) is 0 Å². The van der Waals surface area contributed by atoms with E-state index in [1.54, 1.807) is 4.90 Å². The number of rotatable bonds is 5. The molecule has 2 aromatic rings. The number of hydrogen-bond donors (Lipinski definition) is 3. The molecule has 0 spiro atoms. The van der Waals surface area contributed by atoms with Crippen LogP contribution in [0.1, 0.15) is 22.4 Å². The number of thiophene rings is 1. The van der Waals surface area contributed by atoms with Gasteiger partial charge < -0.3 is 15.1 Å². The number of carbonyl (C=O) groups is 1. The fourth-order valence-corrected chi connectivity index (χ4v) is 4.83. The normalized spacial score (nSPS) is 22.6. The maximum atomic E-state index is 12.4. The van der Waals surface area contributed by atoms with Crippen LogP contribution in [0, 0.1) is 0 Å². The number of quaternary nitrogens is 2. The van der Waals surface area contributed by atoms with Crippen LogP contribution < -0.4 is 15.1 Å². The van der Waals surface area contributed by atoms with Crippen molar-refractivity contribution < 1.29 is 14.6 Å². The van der Waals surface area contributed by atoms with Crippen molar-refractivity contribution in [1.82, 2.24) is 0 Å². The minimum Gasteiger partial charge on any atom is -0.321 e. The largest absolute Gasteiger partial charge is 0.321 e. The Bertz CT molecular complexity index is 721. The number of amides is 1. The van der Waals surface area contributed by atoms with Gasteiger partial charge in [0.25, 0.3) is 5.91 Å². The van der Waals surface area contributed by atoms with Gasteiger partial charge in [0.15, 0.2) is 6.54 Å². The van der Waals surface area contributed by atoms with E-state index in [4.69, 9.17) is 0 Å². The van der Waals surface area contributed by atoms with Crippen molar-refractivity contribution >= 4 is 22.9 Å². The van der Waals surface area contributed by atoms with Gasteiger partial charge in [0, 0.05) is 5.69 Å². The van der Waals surface area contributed by atoms with Gasteiger partial charge in [0.1, 0.15) is 32.7 Å². The second kappa shape index (κ2) is 7.68. The summed E-state index contributed by atoms with van der Waals surface area (Å²) in [6.45, 7) is 6.19. The van der Waals surface area contributed by atoms with Crippen molar-refractivity contribution in [3.8, 4) is 0 Å². The minimum absolute atomic E-state index is 0.148. The topological polar surface area (TPSA) is 38.0 Å². The number of aryl methyl sites for hydroxylation is 2. The monoisotopic (exact) mass is 357 g/mol. The van der Waals surface area contributed by atoms with E-state index in [9.17, 15) is 4.79 Å². The molecule has 0 unspecified atom stereocenters. The van der Waals surface area contributed by atoms with Crippen LogP contribution >= 0.6 is 11.3 Å². The summed E-state index contributed by atoms with van der Waals surface area (Å²) in [6, 6.07) is 10.8. The van der Waals surface area contributed by atoms with Gasteiger partial charge in [-0.15, -0.1) is 11.3 Å². The molecule has 25 heavy (non-hydrogen) atoms. The highest BCUT2D eigenvalue weighted by molar-refractivity contribution is 7.09. The van der Waals surface area contributed by atoms with Gasteiger partial charge in [-0.25, -0.2) is 0 Å². The molecule has 1 amide bonds. The molecule has 1 saturated heterocycles. The molecule has 5 heteroatoms. The molecule has 0 radical (unpaired) electrons. The highest BCUT2D eigenvalue weighted by Gasteiger charge is 2.25. The van der Waals surface area contributed by atoms with Crippen LogP contribution in [0.2, 0.25) is 0 Å². The zero-order valence-corrected chi connectivity index (χ0v) is 15.5. The number of hydrogen-bond acceptors (Lipinski definition) is 2. The van der Waals surface area contributed by atoms with Gasteiger partial charge >= 0.3 is 0 Å². The summed E-state index contributed by atoms with van der Waals surface area (Å²) in [6.07, 6.45) is 3.58. The molecule has 4 nitrogen and oxygen atoms in total. The maximum Gasteiger partial charge on any atom is 0.279 e. The molecule has 1 aliphatic heterocycles. The lowest BCUT2D eigenvalue weighted by atomic mass is 10.1. The van der Waals surface area contributed by atoms with E-state index in [1.165, 1.54) is 33.7 Å². The molecule has 2 heterocycles. The Morgan fingerprint density at radius 1 is 1.04 bits per heavy atom. The second-order valence-electron chi connectivity index (χ2n) is 7.32. The van der Waals surface area contributed by atoms with E-state index in [0.717, 1.165) is 44.8 Å². The number of nitrogens with one attached hydrogen (secondary N) is 3. The van der Waals surface area contributed by atoms with Crippen molar-refractivity contribution in [1.29, 1.82) is 0 Å². The van der Waals surface area contributed by atoms with Crippen molar-refractivity contribution in [2.75, 3.05) is 38.0 Å². The van der Waals surface area contributed by atoms with Crippen molar-refractivity contribution in [2.24, 2.45) is 0 Å². The van der Waals surface area contributed by atoms with Crippen molar-refractivity contribution in [3.05, 3.63) is 51.7 Å². The summed E-state index contributed by atoms with van der Waals surface area (Å²) in [5, 5.41) is 5.25. The number of piperazine rings is 1. The molecule has 2 aliphatic rings. The standard InChI is InChI=1S/C20H25N3OS/c24-20(21-18-7-6-16-3-1-4-17(16)13-18)15-23-10-8-22(9-11-23)14-19-5-2-12-25-19/h2,5-7,12-13H,1,3-4,8-11,14-15H2,(H,21,24)/p+2. The fraction of sp³-hybridized carbons (Fsp3) is 0.450. The first-order valence-corrected chi connectivity index (χ1v) is 10.3. The molecule has 132 valence electrons. The first-order chi connectivity index (χ1) is 12.3. The minimum atomic E-state index is 0.148. The molecule has 0 atom stereocenters. The van der Waals surface area contributed by atoms with Crippen LogP contribution in [0.15, 0.2) is 35.7 Å². The zero-order valence-electron chi connectivity index (χ0n) is 14.6. The third kappa shape index (κ3) is 4.29. The molecule has 1 aromatic heterocycles. The Morgan fingerprint density at radius 3 is 2.64 bits per heavy atom. The van der Waals surface area contributed by atoms with Crippen LogP contribution in [0.25, 0.3) is 0 Å². The van der Waals surface area contributed by atoms with Crippen LogP contribution in [-0.4, -0.2) is 38.6 Å². The van der Waals surface area contributed by atoms with Crippen LogP contribution in [0.5, 0.6) is 0 Å². The Balaban J connectivity index is 1.23. The summed E-state index contributed by atoms with van der Waals surface area (Å²) in [7, 11) is 0. The highest BCUT2D eigenvalue weighted by Crippen LogP contribution is 2.24. The Labute approximate surface area is 153 Å². The predicted octanol–water partition coefficient (Wildman–Crippen LogP) is 0.159. The van der Waals surface area contributed by atoms with Gasteiger partial charge in [-0.2, -0.15) is 0 Å². The fourth-order valence-electron chi connectivity index (χ4n) is 4.05. The van der Waals surface area contributed by atoms with Gasteiger partial charge in [0.2, 0.25) is 0 Å². The number of carbonyl (C=O) groups excluding carboxylic acids is 1. The second-order valence-corrected chi connectivity index (χ2v) is 8.35. The summed E-state index contributed by atoms with van der Waals surface area (Å²) < 4.78 is 0. The third-order valence-corrected chi connectivity index (χ3v) is 6.34. The molecular weight excluding hydrogens is 330 g/mol. The number of benzene rings is 1. The van der Waals surface area contributed by atoms with Gasteiger partial charge in [-0.05, 0) is 54.0 Å². The Hall–Kier alpha value is -1.69. The Kier molecular flexibility index (Phi) is 5.15. The van der Waals surface area contributed by atoms with E-state index >= 15 is 0 Å². The smallest absolute Gasteiger partial charge is 0.279 e. The van der Waals surface area contributed by atoms with Gasteiger partial charge in [-0.3, -0.25) is 4.79 Å². The molecular formula is C20H27N3OS+2. The first kappa shape index (κ1) is 16.8. The summed E-state index contributed by atoms with van der Waals surface area (Å²) >= 11 is 1.85. The molecule has 1 aromatic carbocycles. The number of fused-ring (bicyclic) bond motifs is 1. The lowest BCUT2D eigenvalue weighted by Gasteiger charge is -2.29. The van der Waals surface area contributed by atoms with Crippen LogP contribution in [-0.2, 0) is 24.2 Å². The van der Waals surface area contributed by atoms with Gasteiger partial charge in [-0.1, -0.05) is 12.1 Å². The summed E-state index contributed by atoms with van der Waals surface area (Å²) in [5.74, 6) is 0.148. The quantitative estimate of drug-likeness (QED) is 0.701. The lowest BCUT2D eigenvalue weighted by Crippen LogP contribution is -3.28. The molecule has 0 bridgehead atoms. The SMILES string of the molecule is O=C(C[NH+]1CC[NH+](Cc2cccs2)CC1)Nc1ccc2c(c1)CCC2. The molecule has 1 fully saturated rings. The van der Waals surface area contributed by atoms with E-state index in [1.807, 2.05) is 11.3 Å². The molecule has 1 aliphatic carbocycles. The maximum absolute atomic E-state index is 12.4. The zero-order chi connectivity index (χ0) is 17.1. The first-order valence-electron chi connectivity index (χ1n) is 9.37. The van der Waals surface area contributed by atoms with Crippen molar-refractivity contribution in [2.45, 2.75) is 25.8 Å². The van der Waals surface area contributed by atoms with E-state index < -0.39 is 0 Å². The molecule has 0 saturated carbocycles. The van der Waals surface area contributed by atoms with Gasteiger partial charge in [0.05, 0.1) is 4.88 Å². The van der Waals surface area contributed by atoms with E-state index in [-0.39, 0.29) is 5.91 Å². The third-order valence-electron chi connectivity index (χ3n) is 5.46. The number of anilines is 1. The van der Waals surface area contributed by atoms with Crippen LogP contribution in [0.3, 0.4) is 0 Å². The molecule has 4 rings (SSSR count). The average Bonchev–Trinajstić information content (AvgIpc) is 3.27. The predicted molar refractivity (Wildman–Crippen MR) is 101 cm³/mol. The van der Waals surface area contributed by atoms with E-state index in [0.29, 0.717) is 6.54 Å². The Morgan fingerprint density at radius 2 is 1.84 bits per heavy atom. The summed E-state index contributed by atoms with van der Waals surface area (Å²) in [5.41, 5.74) is 3.83. The van der Waals surface area contributed by atoms with E-state index in [2.05, 4.69) is 41.0 Å². The van der Waals surface area contributed by atoms with Crippen LogP contribution in [0.4, 0.5) is 5.69 Å². The summed E-state index contributed by atoms with van der Waals surface area (Å²) in [4.78, 5) is 16.9.